The van der Waals surface area contributed by atoms with Crippen molar-refractivity contribution in [2.45, 2.75) is 26.3 Å². The number of hydrogen-bond donors (Lipinski definition) is 0. The SMILES string of the molecule is Cc1cc(CC(=O)N2C[C@@H]3CN(C(=O)CN(C)C)[C@@H](c4ccccc4C)[C@@H]3C2)on1. The van der Waals surface area contributed by atoms with Gasteiger partial charge in [-0.05, 0) is 39.1 Å². The number of amides is 2. The van der Waals surface area contributed by atoms with Crippen LogP contribution in [-0.2, 0) is 16.0 Å². The van der Waals surface area contributed by atoms with Gasteiger partial charge in [0, 0.05) is 37.5 Å². The number of hydrogen-bond acceptors (Lipinski definition) is 5. The molecule has 0 radical (unpaired) electrons. The second-order valence-corrected chi connectivity index (χ2v) is 8.92. The van der Waals surface area contributed by atoms with Gasteiger partial charge in [-0.25, -0.2) is 0 Å². The zero-order valence-corrected chi connectivity index (χ0v) is 18.2. The number of carbonyl (C=O) groups is 2. The minimum Gasteiger partial charge on any atom is -0.361 e. The van der Waals surface area contributed by atoms with Crippen molar-refractivity contribution in [1.82, 2.24) is 19.9 Å². The number of likely N-dealkylation sites (tertiary alicyclic amines) is 2. The molecule has 2 aliphatic rings. The van der Waals surface area contributed by atoms with Crippen LogP contribution in [0.1, 0.15) is 28.6 Å². The Kier molecular flexibility index (Phi) is 5.64. The van der Waals surface area contributed by atoms with E-state index >= 15 is 0 Å². The van der Waals surface area contributed by atoms with Crippen LogP contribution < -0.4 is 0 Å². The predicted molar refractivity (Wildman–Crippen MR) is 113 cm³/mol. The molecular formula is C23H30N4O3. The van der Waals surface area contributed by atoms with Crippen LogP contribution in [0.15, 0.2) is 34.9 Å². The minimum atomic E-state index is 0.00831. The van der Waals surface area contributed by atoms with Crippen LogP contribution in [0.4, 0.5) is 0 Å². The van der Waals surface area contributed by atoms with E-state index in [1.165, 1.54) is 11.1 Å². The van der Waals surface area contributed by atoms with E-state index < -0.39 is 0 Å². The van der Waals surface area contributed by atoms with Gasteiger partial charge in [-0.2, -0.15) is 0 Å². The lowest BCUT2D eigenvalue weighted by molar-refractivity contribution is -0.133. The number of benzene rings is 1. The van der Waals surface area contributed by atoms with Crippen molar-refractivity contribution >= 4 is 11.8 Å². The summed E-state index contributed by atoms with van der Waals surface area (Å²) in [5.41, 5.74) is 3.16. The standard InChI is InChI=1S/C23H30N4O3/c1-15-7-5-6-8-19(15)23-20-13-26(21(28)10-18-9-16(2)24-30-18)11-17(20)12-27(23)22(29)14-25(3)4/h5-9,17,20,23H,10-14H2,1-4H3/t17-,20-,23+/m1/s1. The van der Waals surface area contributed by atoms with Crippen molar-refractivity contribution in [2.75, 3.05) is 40.3 Å². The molecule has 3 heterocycles. The molecule has 160 valence electrons. The highest BCUT2D eigenvalue weighted by molar-refractivity contribution is 5.80. The highest BCUT2D eigenvalue weighted by Crippen LogP contribution is 2.45. The lowest BCUT2D eigenvalue weighted by atomic mass is 9.87. The summed E-state index contributed by atoms with van der Waals surface area (Å²) in [6.45, 7) is 6.40. The maximum Gasteiger partial charge on any atom is 0.237 e. The quantitative estimate of drug-likeness (QED) is 0.755. The Bertz CT molecular complexity index is 938. The third-order valence-corrected chi connectivity index (χ3v) is 6.30. The molecule has 2 amide bonds. The molecule has 4 rings (SSSR count). The molecule has 0 spiro atoms. The maximum absolute atomic E-state index is 13.0. The topological polar surface area (TPSA) is 69.9 Å². The van der Waals surface area contributed by atoms with Crippen molar-refractivity contribution < 1.29 is 14.1 Å². The highest BCUT2D eigenvalue weighted by Gasteiger charge is 2.50. The summed E-state index contributed by atoms with van der Waals surface area (Å²) in [5, 5.41) is 3.87. The van der Waals surface area contributed by atoms with Crippen LogP contribution in [-0.4, -0.2) is 71.9 Å². The van der Waals surface area contributed by atoms with Gasteiger partial charge in [0.2, 0.25) is 11.8 Å². The molecule has 0 unspecified atom stereocenters. The van der Waals surface area contributed by atoms with Gasteiger partial charge in [-0.1, -0.05) is 29.4 Å². The van der Waals surface area contributed by atoms with E-state index in [9.17, 15) is 9.59 Å². The number of nitrogens with zero attached hydrogens (tertiary/aromatic N) is 4. The van der Waals surface area contributed by atoms with E-state index in [0.717, 1.165) is 5.69 Å². The van der Waals surface area contributed by atoms with Crippen molar-refractivity contribution in [3.63, 3.8) is 0 Å². The third kappa shape index (κ3) is 3.99. The van der Waals surface area contributed by atoms with Gasteiger partial charge >= 0.3 is 0 Å². The molecule has 2 fully saturated rings. The van der Waals surface area contributed by atoms with Crippen LogP contribution in [0.2, 0.25) is 0 Å². The van der Waals surface area contributed by atoms with E-state index in [2.05, 4.69) is 24.2 Å². The van der Waals surface area contributed by atoms with Crippen molar-refractivity contribution in [1.29, 1.82) is 0 Å². The lowest BCUT2D eigenvalue weighted by Crippen LogP contribution is -2.41. The van der Waals surface area contributed by atoms with Crippen molar-refractivity contribution in [2.24, 2.45) is 11.8 Å². The van der Waals surface area contributed by atoms with Gasteiger partial charge in [-0.3, -0.25) is 9.59 Å². The summed E-state index contributed by atoms with van der Waals surface area (Å²) < 4.78 is 5.23. The van der Waals surface area contributed by atoms with Crippen molar-refractivity contribution in [3.8, 4) is 0 Å². The van der Waals surface area contributed by atoms with Gasteiger partial charge in [0.15, 0.2) is 0 Å². The average Bonchev–Trinajstić information content (AvgIpc) is 3.36. The van der Waals surface area contributed by atoms with Crippen LogP contribution >= 0.6 is 0 Å². The molecule has 1 aromatic carbocycles. The van der Waals surface area contributed by atoms with E-state index in [1.54, 1.807) is 0 Å². The third-order valence-electron chi connectivity index (χ3n) is 6.30. The Labute approximate surface area is 177 Å². The molecule has 0 aliphatic carbocycles. The molecule has 30 heavy (non-hydrogen) atoms. The fourth-order valence-electron chi connectivity index (χ4n) is 4.94. The Hall–Kier alpha value is -2.67. The zero-order valence-electron chi connectivity index (χ0n) is 18.2. The second-order valence-electron chi connectivity index (χ2n) is 8.92. The van der Waals surface area contributed by atoms with Crippen LogP contribution in [0.3, 0.4) is 0 Å². The van der Waals surface area contributed by atoms with E-state index in [4.69, 9.17) is 4.52 Å². The molecule has 7 nitrogen and oxygen atoms in total. The normalized spacial score (nSPS) is 23.3. The summed E-state index contributed by atoms with van der Waals surface area (Å²) in [7, 11) is 3.84. The van der Waals surface area contributed by atoms with Gasteiger partial charge in [0.1, 0.15) is 5.76 Å². The molecule has 2 saturated heterocycles. The molecule has 2 aromatic rings. The molecular weight excluding hydrogens is 380 g/mol. The summed E-state index contributed by atoms with van der Waals surface area (Å²) in [5.74, 6) is 1.36. The fraction of sp³-hybridized carbons (Fsp3) is 0.522. The Balaban J connectivity index is 1.55. The van der Waals surface area contributed by atoms with Crippen LogP contribution in [0.5, 0.6) is 0 Å². The van der Waals surface area contributed by atoms with Gasteiger partial charge in [0.05, 0.1) is 24.7 Å². The largest absolute Gasteiger partial charge is 0.361 e. The summed E-state index contributed by atoms with van der Waals surface area (Å²) in [6, 6.07) is 10.1. The van der Waals surface area contributed by atoms with Gasteiger partial charge in [0.25, 0.3) is 0 Å². The Morgan fingerprint density at radius 3 is 2.57 bits per heavy atom. The second kappa shape index (κ2) is 8.22. The molecule has 2 aliphatic heterocycles. The number of aryl methyl sites for hydroxylation is 2. The first-order valence-corrected chi connectivity index (χ1v) is 10.5. The molecule has 1 aromatic heterocycles. The summed E-state index contributed by atoms with van der Waals surface area (Å²) >= 11 is 0. The van der Waals surface area contributed by atoms with Crippen LogP contribution in [0, 0.1) is 25.7 Å². The highest BCUT2D eigenvalue weighted by atomic mass is 16.5. The first-order chi connectivity index (χ1) is 14.3. The van der Waals surface area contributed by atoms with E-state index in [-0.39, 0.29) is 30.2 Å². The maximum atomic E-state index is 13.0. The van der Waals surface area contributed by atoms with Crippen molar-refractivity contribution in [3.05, 3.63) is 52.9 Å². The lowest BCUT2D eigenvalue weighted by Gasteiger charge is -2.31. The van der Waals surface area contributed by atoms with E-state index in [0.29, 0.717) is 37.9 Å². The number of carbonyl (C=O) groups excluding carboxylic acids is 2. The molecule has 0 saturated carbocycles. The zero-order chi connectivity index (χ0) is 21.4. The Morgan fingerprint density at radius 1 is 1.13 bits per heavy atom. The number of rotatable bonds is 5. The smallest absolute Gasteiger partial charge is 0.237 e. The molecule has 0 bridgehead atoms. The number of likely N-dealkylation sites (N-methyl/N-ethyl adjacent to an activating group) is 1. The van der Waals surface area contributed by atoms with Gasteiger partial charge in [-0.15, -0.1) is 0 Å². The van der Waals surface area contributed by atoms with Crippen LogP contribution in [0.25, 0.3) is 0 Å². The number of fused-ring (bicyclic) bond motifs is 1. The molecule has 3 atom stereocenters. The minimum absolute atomic E-state index is 0.00831. The molecule has 0 N–H and O–H groups in total. The summed E-state index contributed by atoms with van der Waals surface area (Å²) in [6.07, 6.45) is 0.235. The summed E-state index contributed by atoms with van der Waals surface area (Å²) in [4.78, 5) is 31.8. The number of aromatic nitrogens is 1. The molecule has 7 heteroatoms. The first kappa shape index (κ1) is 20.6. The predicted octanol–water partition coefficient (Wildman–Crippen LogP) is 2.05. The fourth-order valence-corrected chi connectivity index (χ4v) is 4.94. The average molecular weight is 411 g/mol. The van der Waals surface area contributed by atoms with E-state index in [1.807, 2.05) is 53.9 Å². The first-order valence-electron chi connectivity index (χ1n) is 10.5. The van der Waals surface area contributed by atoms with Gasteiger partial charge < -0.3 is 19.2 Å². The Morgan fingerprint density at radius 2 is 1.90 bits per heavy atom. The monoisotopic (exact) mass is 410 g/mol.